The van der Waals surface area contributed by atoms with Gasteiger partial charge in [0.25, 0.3) is 0 Å². The lowest BCUT2D eigenvalue weighted by Crippen LogP contribution is -2.29. The summed E-state index contributed by atoms with van der Waals surface area (Å²) in [5.41, 5.74) is 0. The first kappa shape index (κ1) is 17.1. The van der Waals surface area contributed by atoms with Crippen molar-refractivity contribution in [1.82, 2.24) is 10.6 Å². The third-order valence-corrected chi connectivity index (χ3v) is 1.46. The zero-order valence-corrected chi connectivity index (χ0v) is 11.2. The zero-order valence-electron chi connectivity index (χ0n) is 7.77. The molecule has 8 heteroatoms. The van der Waals surface area contributed by atoms with E-state index < -0.39 is 5.97 Å². The van der Waals surface area contributed by atoms with Gasteiger partial charge in [-0.2, -0.15) is 0 Å². The van der Waals surface area contributed by atoms with Crippen LogP contribution in [0, 0.1) is 0 Å². The van der Waals surface area contributed by atoms with Gasteiger partial charge in [-0.1, -0.05) is 31.0 Å². The minimum absolute atomic E-state index is 0.492. The predicted octanol–water partition coefficient (Wildman–Crippen LogP) is 0.852. The van der Waals surface area contributed by atoms with Crippen molar-refractivity contribution in [2.75, 3.05) is 13.1 Å². The summed E-state index contributed by atoms with van der Waals surface area (Å²) >= 11 is 17.0. The van der Waals surface area contributed by atoms with Crippen LogP contribution < -0.4 is 10.6 Å². The number of carboxylic acids is 1. The summed E-state index contributed by atoms with van der Waals surface area (Å²) in [5, 5.41) is 13.3. The van der Waals surface area contributed by atoms with Gasteiger partial charge in [-0.3, -0.25) is 0 Å². The lowest BCUT2D eigenvalue weighted by Gasteiger charge is -2.03. The Kier molecular flexibility index (Phi) is 13.4. The van der Waals surface area contributed by atoms with Gasteiger partial charge in [0.15, 0.2) is 0 Å². The SMILES string of the molecule is C=CC(=O)O.S=C(S)NCCNC(=S)S. The van der Waals surface area contributed by atoms with Crippen molar-refractivity contribution < 1.29 is 9.90 Å². The number of nitrogens with one attached hydrogen (secondary N) is 2. The number of thiocarbonyl (C=S) groups is 2. The van der Waals surface area contributed by atoms with E-state index in [1.807, 2.05) is 0 Å². The molecule has 0 aromatic carbocycles. The summed E-state index contributed by atoms with van der Waals surface area (Å²) in [5.74, 6) is -0.981. The van der Waals surface area contributed by atoms with Crippen LogP contribution in [0.3, 0.4) is 0 Å². The van der Waals surface area contributed by atoms with Crippen molar-refractivity contribution in [3.8, 4) is 0 Å². The molecule has 0 spiro atoms. The topological polar surface area (TPSA) is 61.4 Å². The molecule has 0 bridgehead atoms. The molecule has 0 saturated heterocycles. The van der Waals surface area contributed by atoms with Crippen LogP contribution in [-0.4, -0.2) is 32.8 Å². The lowest BCUT2D eigenvalue weighted by atomic mass is 10.6. The highest BCUT2D eigenvalue weighted by Crippen LogP contribution is 1.77. The van der Waals surface area contributed by atoms with Crippen LogP contribution in [0.25, 0.3) is 0 Å². The number of rotatable bonds is 4. The van der Waals surface area contributed by atoms with Crippen molar-refractivity contribution in [3.63, 3.8) is 0 Å². The molecule has 3 N–H and O–H groups in total. The minimum atomic E-state index is -0.981. The van der Waals surface area contributed by atoms with Gasteiger partial charge >= 0.3 is 5.97 Å². The first-order valence-electron chi connectivity index (χ1n) is 3.69. The Hall–Kier alpha value is -0.310. The minimum Gasteiger partial charge on any atom is -0.478 e. The van der Waals surface area contributed by atoms with E-state index in [1.54, 1.807) is 0 Å². The number of aliphatic carboxylic acids is 1. The quantitative estimate of drug-likeness (QED) is 0.228. The second-order valence-corrected chi connectivity index (χ2v) is 4.32. The summed E-state index contributed by atoms with van der Waals surface area (Å²) in [6.45, 7) is 4.38. The van der Waals surface area contributed by atoms with E-state index in [1.165, 1.54) is 0 Å². The summed E-state index contributed by atoms with van der Waals surface area (Å²) in [7, 11) is 0. The lowest BCUT2D eigenvalue weighted by molar-refractivity contribution is -0.131. The molecule has 0 aliphatic rings. The molecule has 4 nitrogen and oxygen atoms in total. The number of carbonyl (C=O) groups is 1. The van der Waals surface area contributed by atoms with Crippen molar-refractivity contribution in [1.29, 1.82) is 0 Å². The molecule has 0 aliphatic carbocycles. The standard InChI is InChI=1S/C4H8N2S4.C3H4O2/c7-3(8)5-1-2-6-4(9)10;1-2-3(4)5/h1-2H2,(H2,5,7,8)(H2,6,9,10);2H,1H2,(H,4,5). The molecule has 0 heterocycles. The monoisotopic (exact) mass is 284 g/mol. The molecule has 0 aromatic heterocycles. The molecule has 0 aliphatic heterocycles. The van der Waals surface area contributed by atoms with E-state index in [9.17, 15) is 4.79 Å². The van der Waals surface area contributed by atoms with Gasteiger partial charge in [-0.25, -0.2) is 4.79 Å². The molecule has 15 heavy (non-hydrogen) atoms. The number of hydrogen-bond acceptors (Lipinski definition) is 3. The van der Waals surface area contributed by atoms with Crippen LogP contribution in [0.15, 0.2) is 12.7 Å². The summed E-state index contributed by atoms with van der Waals surface area (Å²) < 4.78 is 0.985. The van der Waals surface area contributed by atoms with Crippen molar-refractivity contribution in [2.24, 2.45) is 0 Å². The fourth-order valence-corrected chi connectivity index (χ4v) is 0.767. The van der Waals surface area contributed by atoms with E-state index in [0.29, 0.717) is 21.7 Å². The third kappa shape index (κ3) is 24.8. The first-order chi connectivity index (χ1) is 6.90. The predicted molar refractivity (Wildman–Crippen MR) is 77.0 cm³/mol. The van der Waals surface area contributed by atoms with E-state index in [-0.39, 0.29) is 0 Å². The second-order valence-electron chi connectivity index (χ2n) is 2.01. The van der Waals surface area contributed by atoms with E-state index in [4.69, 9.17) is 5.11 Å². The normalized spacial score (nSPS) is 7.87. The molecule has 0 unspecified atom stereocenters. The van der Waals surface area contributed by atoms with Gasteiger partial charge < -0.3 is 15.7 Å². The summed E-state index contributed by atoms with van der Waals surface area (Å²) in [4.78, 5) is 9.25. The molecule has 0 radical (unpaired) electrons. The van der Waals surface area contributed by atoms with Gasteiger partial charge in [-0.05, 0) is 0 Å². The van der Waals surface area contributed by atoms with Crippen LogP contribution in [0.1, 0.15) is 0 Å². The number of thiol groups is 2. The number of hydrogen-bond donors (Lipinski definition) is 5. The summed E-state index contributed by atoms with van der Waals surface area (Å²) in [6, 6.07) is 0. The van der Waals surface area contributed by atoms with Gasteiger partial charge in [-0.15, -0.1) is 25.3 Å². The third-order valence-electron chi connectivity index (χ3n) is 0.852. The zero-order chi connectivity index (χ0) is 12.3. The van der Waals surface area contributed by atoms with Crippen LogP contribution in [-0.2, 0) is 4.79 Å². The Bertz CT molecular complexity index is 229. The second kappa shape index (κ2) is 11.8. The Morgan fingerprint density at radius 2 is 1.53 bits per heavy atom. The Balaban J connectivity index is 0. The average molecular weight is 284 g/mol. The maximum Gasteiger partial charge on any atom is 0.327 e. The smallest absolute Gasteiger partial charge is 0.327 e. The van der Waals surface area contributed by atoms with Crippen LogP contribution >= 0.6 is 49.7 Å². The van der Waals surface area contributed by atoms with Gasteiger partial charge in [0, 0.05) is 19.2 Å². The molecule has 0 aromatic rings. The van der Waals surface area contributed by atoms with Crippen molar-refractivity contribution >= 4 is 64.3 Å². The number of carboxylic acid groups (broad SMARTS) is 1. The van der Waals surface area contributed by atoms with Crippen molar-refractivity contribution in [2.45, 2.75) is 0 Å². The molecule has 0 saturated carbocycles. The van der Waals surface area contributed by atoms with Crippen molar-refractivity contribution in [3.05, 3.63) is 12.7 Å². The van der Waals surface area contributed by atoms with Gasteiger partial charge in [0.1, 0.15) is 8.64 Å². The van der Waals surface area contributed by atoms with E-state index in [0.717, 1.165) is 6.08 Å². The molecule has 0 atom stereocenters. The fraction of sp³-hybridized carbons (Fsp3) is 0.286. The molecule has 0 rings (SSSR count). The largest absolute Gasteiger partial charge is 0.478 e. The van der Waals surface area contributed by atoms with Crippen LogP contribution in [0.5, 0.6) is 0 Å². The highest BCUT2D eigenvalue weighted by Gasteiger charge is 1.87. The Morgan fingerprint density at radius 3 is 1.67 bits per heavy atom. The highest BCUT2D eigenvalue weighted by atomic mass is 32.1. The molecular formula is C7H12N2O2S4. The highest BCUT2D eigenvalue weighted by molar-refractivity contribution is 8.11. The van der Waals surface area contributed by atoms with Gasteiger partial charge in [0.05, 0.1) is 0 Å². The van der Waals surface area contributed by atoms with Gasteiger partial charge in [0.2, 0.25) is 0 Å². The average Bonchev–Trinajstić information content (AvgIpc) is 2.13. The molecule has 86 valence electrons. The van der Waals surface area contributed by atoms with E-state index in [2.05, 4.69) is 66.9 Å². The Morgan fingerprint density at radius 1 is 1.27 bits per heavy atom. The maximum absolute atomic E-state index is 9.25. The molecule has 0 amide bonds. The van der Waals surface area contributed by atoms with Crippen LogP contribution in [0.2, 0.25) is 0 Å². The summed E-state index contributed by atoms with van der Waals surface area (Å²) in [6.07, 6.45) is 0.833. The van der Waals surface area contributed by atoms with E-state index >= 15 is 0 Å². The molecular weight excluding hydrogens is 272 g/mol. The fourth-order valence-electron chi connectivity index (χ4n) is 0.339. The first-order valence-corrected chi connectivity index (χ1v) is 5.40. The van der Waals surface area contributed by atoms with Crippen LogP contribution in [0.4, 0.5) is 0 Å². The Labute approximate surface area is 110 Å². The molecule has 0 fully saturated rings. The maximum atomic E-state index is 9.25.